The highest BCUT2D eigenvalue weighted by Gasteiger charge is 2.13. The van der Waals surface area contributed by atoms with Crippen LogP contribution in [0.5, 0.6) is 0 Å². The average molecular weight is 280 g/mol. The van der Waals surface area contributed by atoms with Crippen molar-refractivity contribution in [2.45, 2.75) is 18.4 Å². The fourth-order valence-electron chi connectivity index (χ4n) is 1.59. The number of aromatic nitrogens is 2. The molecule has 0 atom stereocenters. The topological polar surface area (TPSA) is 86.9 Å². The molecule has 0 radical (unpaired) electrons. The molecule has 0 unspecified atom stereocenters. The molecule has 2 aromatic rings. The van der Waals surface area contributed by atoms with Crippen molar-refractivity contribution in [2.24, 2.45) is 0 Å². The molecule has 1 aromatic carbocycles. The summed E-state index contributed by atoms with van der Waals surface area (Å²) in [6.45, 7) is 3.00. The van der Waals surface area contributed by atoms with E-state index in [1.165, 1.54) is 0 Å². The maximum absolute atomic E-state index is 12.0. The van der Waals surface area contributed by atoms with Crippen molar-refractivity contribution in [3.05, 3.63) is 42.2 Å². The first kappa shape index (κ1) is 13.6. The maximum Gasteiger partial charge on any atom is 0.240 e. The number of sulfonamides is 1. The van der Waals surface area contributed by atoms with E-state index in [9.17, 15) is 8.42 Å². The minimum Gasteiger partial charge on any atom is -0.385 e. The van der Waals surface area contributed by atoms with E-state index >= 15 is 0 Å². The molecule has 0 aliphatic carbocycles. The van der Waals surface area contributed by atoms with Gasteiger partial charge in [-0.25, -0.2) is 13.1 Å². The lowest BCUT2D eigenvalue weighted by Crippen LogP contribution is -2.23. The zero-order valence-corrected chi connectivity index (χ0v) is 11.4. The predicted molar refractivity (Wildman–Crippen MR) is 73.2 cm³/mol. The number of hydrogen-bond donors (Lipinski definition) is 3. The molecule has 1 heterocycles. The van der Waals surface area contributed by atoms with Crippen molar-refractivity contribution in [3.8, 4) is 0 Å². The standard InChI is InChI=1S/C12H16N4O2S/c1-2-13-11-3-5-12(6-4-11)19(17,18)16-9-10-7-14-15-8-10/h3-8,13,16H,2,9H2,1H3,(H,14,15). The van der Waals surface area contributed by atoms with Crippen LogP contribution in [-0.2, 0) is 16.6 Å². The van der Waals surface area contributed by atoms with E-state index < -0.39 is 10.0 Å². The van der Waals surface area contributed by atoms with Crippen LogP contribution >= 0.6 is 0 Å². The van der Waals surface area contributed by atoms with Crippen LogP contribution in [0.4, 0.5) is 5.69 Å². The largest absolute Gasteiger partial charge is 0.385 e. The van der Waals surface area contributed by atoms with E-state index in [1.54, 1.807) is 36.7 Å². The van der Waals surface area contributed by atoms with Gasteiger partial charge < -0.3 is 5.32 Å². The van der Waals surface area contributed by atoms with Gasteiger partial charge in [0.2, 0.25) is 10.0 Å². The number of benzene rings is 1. The fraction of sp³-hybridized carbons (Fsp3) is 0.250. The number of H-pyrrole nitrogens is 1. The van der Waals surface area contributed by atoms with Gasteiger partial charge in [-0.15, -0.1) is 0 Å². The lowest BCUT2D eigenvalue weighted by Gasteiger charge is -2.07. The summed E-state index contributed by atoms with van der Waals surface area (Å²) < 4.78 is 26.6. The molecule has 102 valence electrons. The molecule has 19 heavy (non-hydrogen) atoms. The van der Waals surface area contributed by atoms with Crippen LogP contribution in [0, 0.1) is 0 Å². The Morgan fingerprint density at radius 3 is 2.58 bits per heavy atom. The summed E-state index contributed by atoms with van der Waals surface area (Å²) >= 11 is 0. The Morgan fingerprint density at radius 1 is 1.26 bits per heavy atom. The molecule has 0 fully saturated rings. The lowest BCUT2D eigenvalue weighted by molar-refractivity contribution is 0.581. The summed E-state index contributed by atoms with van der Waals surface area (Å²) in [5.74, 6) is 0. The molecule has 0 aliphatic rings. The molecule has 0 spiro atoms. The molecule has 2 rings (SSSR count). The Labute approximate surface area is 112 Å². The monoisotopic (exact) mass is 280 g/mol. The molecule has 6 nitrogen and oxygen atoms in total. The molecular formula is C12H16N4O2S. The number of nitrogens with zero attached hydrogens (tertiary/aromatic N) is 1. The molecule has 0 saturated carbocycles. The summed E-state index contributed by atoms with van der Waals surface area (Å²) in [6, 6.07) is 6.65. The van der Waals surface area contributed by atoms with Gasteiger partial charge in [0.1, 0.15) is 0 Å². The van der Waals surface area contributed by atoms with E-state index in [2.05, 4.69) is 20.2 Å². The predicted octanol–water partition coefficient (Wildman–Crippen LogP) is 1.32. The number of hydrogen-bond acceptors (Lipinski definition) is 4. The van der Waals surface area contributed by atoms with Gasteiger partial charge in [0, 0.05) is 30.5 Å². The van der Waals surface area contributed by atoms with Crippen LogP contribution in [0.15, 0.2) is 41.6 Å². The van der Waals surface area contributed by atoms with Gasteiger partial charge in [0.15, 0.2) is 0 Å². The van der Waals surface area contributed by atoms with Gasteiger partial charge in [-0.3, -0.25) is 5.10 Å². The zero-order valence-electron chi connectivity index (χ0n) is 10.6. The molecule has 0 bridgehead atoms. The maximum atomic E-state index is 12.0. The van der Waals surface area contributed by atoms with E-state index in [4.69, 9.17) is 0 Å². The van der Waals surface area contributed by atoms with Crippen molar-refractivity contribution < 1.29 is 8.42 Å². The number of aromatic amines is 1. The van der Waals surface area contributed by atoms with Gasteiger partial charge >= 0.3 is 0 Å². The third kappa shape index (κ3) is 3.55. The fourth-order valence-corrected chi connectivity index (χ4v) is 2.61. The molecule has 1 aromatic heterocycles. The summed E-state index contributed by atoms with van der Waals surface area (Å²) in [7, 11) is -3.49. The molecule has 7 heteroatoms. The van der Waals surface area contributed by atoms with E-state index in [0.29, 0.717) is 0 Å². The zero-order chi connectivity index (χ0) is 13.7. The Hall–Kier alpha value is -1.86. The van der Waals surface area contributed by atoms with Gasteiger partial charge in [-0.05, 0) is 31.2 Å². The summed E-state index contributed by atoms with van der Waals surface area (Å²) in [5.41, 5.74) is 1.68. The number of nitrogens with one attached hydrogen (secondary N) is 3. The third-order valence-electron chi connectivity index (χ3n) is 2.57. The smallest absolute Gasteiger partial charge is 0.240 e. The van der Waals surface area contributed by atoms with Crippen LogP contribution in [0.3, 0.4) is 0 Å². The van der Waals surface area contributed by atoms with Crippen molar-refractivity contribution in [3.63, 3.8) is 0 Å². The Morgan fingerprint density at radius 2 is 2.00 bits per heavy atom. The van der Waals surface area contributed by atoms with Crippen molar-refractivity contribution in [1.29, 1.82) is 0 Å². The van der Waals surface area contributed by atoms with Gasteiger partial charge in [0.05, 0.1) is 11.1 Å². The summed E-state index contributed by atoms with van der Waals surface area (Å²) in [6.07, 6.45) is 3.23. The molecule has 0 aliphatic heterocycles. The first-order chi connectivity index (χ1) is 9.12. The highest BCUT2D eigenvalue weighted by atomic mass is 32.2. The molecular weight excluding hydrogens is 264 g/mol. The Kier molecular flexibility index (Phi) is 4.18. The minimum absolute atomic E-state index is 0.216. The minimum atomic E-state index is -3.49. The van der Waals surface area contributed by atoms with Crippen LogP contribution in [0.2, 0.25) is 0 Å². The van der Waals surface area contributed by atoms with E-state index in [0.717, 1.165) is 17.8 Å². The van der Waals surface area contributed by atoms with Crippen LogP contribution in [0.1, 0.15) is 12.5 Å². The molecule has 3 N–H and O–H groups in total. The normalized spacial score (nSPS) is 11.4. The van der Waals surface area contributed by atoms with Crippen LogP contribution in [0.25, 0.3) is 0 Å². The first-order valence-electron chi connectivity index (χ1n) is 5.93. The van der Waals surface area contributed by atoms with Gasteiger partial charge in [0.25, 0.3) is 0 Å². The first-order valence-corrected chi connectivity index (χ1v) is 7.41. The van der Waals surface area contributed by atoms with Crippen molar-refractivity contribution in [2.75, 3.05) is 11.9 Å². The van der Waals surface area contributed by atoms with Gasteiger partial charge in [-0.2, -0.15) is 5.10 Å². The quantitative estimate of drug-likeness (QED) is 0.745. The Bertz CT molecular complexity index is 606. The van der Waals surface area contributed by atoms with E-state index in [-0.39, 0.29) is 11.4 Å². The molecule has 0 saturated heterocycles. The van der Waals surface area contributed by atoms with Crippen molar-refractivity contribution >= 4 is 15.7 Å². The second-order valence-electron chi connectivity index (χ2n) is 3.99. The van der Waals surface area contributed by atoms with Crippen LogP contribution in [-0.4, -0.2) is 25.2 Å². The van der Waals surface area contributed by atoms with E-state index in [1.807, 2.05) is 6.92 Å². The van der Waals surface area contributed by atoms with Crippen molar-refractivity contribution in [1.82, 2.24) is 14.9 Å². The average Bonchev–Trinajstić information content (AvgIpc) is 2.91. The lowest BCUT2D eigenvalue weighted by atomic mass is 10.3. The second kappa shape index (κ2) is 5.85. The SMILES string of the molecule is CCNc1ccc(S(=O)(=O)NCc2cn[nH]c2)cc1. The molecule has 0 amide bonds. The number of anilines is 1. The number of rotatable bonds is 6. The van der Waals surface area contributed by atoms with Crippen LogP contribution < -0.4 is 10.0 Å². The summed E-state index contributed by atoms with van der Waals surface area (Å²) in [4.78, 5) is 0.248. The highest BCUT2D eigenvalue weighted by molar-refractivity contribution is 7.89. The summed E-state index contributed by atoms with van der Waals surface area (Å²) in [5, 5.41) is 9.51. The second-order valence-corrected chi connectivity index (χ2v) is 5.75. The Balaban J connectivity index is 2.06. The highest BCUT2D eigenvalue weighted by Crippen LogP contribution is 2.14. The third-order valence-corrected chi connectivity index (χ3v) is 3.98. The van der Waals surface area contributed by atoms with Gasteiger partial charge in [-0.1, -0.05) is 0 Å².